The highest BCUT2D eigenvalue weighted by molar-refractivity contribution is 6.30. The molecule has 1 aromatic carbocycles. The summed E-state index contributed by atoms with van der Waals surface area (Å²) in [6.07, 6.45) is 0.459. The first kappa shape index (κ1) is 9.07. The molecule has 0 saturated carbocycles. The van der Waals surface area contributed by atoms with E-state index in [4.69, 9.17) is 11.6 Å². The molecule has 63 valence electrons. The minimum Gasteiger partial charge on any atom is -0.325 e. The zero-order valence-corrected chi connectivity index (χ0v) is 7.48. The summed E-state index contributed by atoms with van der Waals surface area (Å²) in [4.78, 5) is 10.9. The molecule has 2 nitrogen and oxygen atoms in total. The Balaban J connectivity index is 2.69. The van der Waals surface area contributed by atoms with Crippen LogP contribution in [0.15, 0.2) is 18.2 Å². The second kappa shape index (κ2) is 4.12. The highest BCUT2D eigenvalue weighted by Gasteiger charge is 1.98. The lowest BCUT2D eigenvalue weighted by atomic mass is 10.3. The first-order chi connectivity index (χ1) is 5.72. The van der Waals surface area contributed by atoms with E-state index >= 15 is 0 Å². The Morgan fingerprint density at radius 2 is 2.50 bits per heavy atom. The van der Waals surface area contributed by atoms with Gasteiger partial charge in [0.1, 0.15) is 0 Å². The van der Waals surface area contributed by atoms with Gasteiger partial charge in [-0.2, -0.15) is 0 Å². The summed E-state index contributed by atoms with van der Waals surface area (Å²) in [5, 5.41) is 3.25. The molecule has 1 amide bonds. The number of benzene rings is 1. The molecule has 0 aromatic heterocycles. The smallest absolute Gasteiger partial charge is 0.224 e. The van der Waals surface area contributed by atoms with E-state index in [2.05, 4.69) is 11.4 Å². The third kappa shape index (κ3) is 2.55. The second-order valence-electron chi connectivity index (χ2n) is 2.32. The minimum atomic E-state index is -0.0338. The molecule has 1 aromatic rings. The van der Waals surface area contributed by atoms with E-state index < -0.39 is 0 Å². The average molecular weight is 183 g/mol. The largest absolute Gasteiger partial charge is 0.325 e. The van der Waals surface area contributed by atoms with Crippen LogP contribution in [0.1, 0.15) is 13.3 Å². The molecule has 0 heterocycles. The van der Waals surface area contributed by atoms with Gasteiger partial charge in [0, 0.05) is 17.5 Å². The van der Waals surface area contributed by atoms with Crippen LogP contribution < -0.4 is 5.32 Å². The zero-order valence-electron chi connectivity index (χ0n) is 6.73. The van der Waals surface area contributed by atoms with Gasteiger partial charge >= 0.3 is 0 Å². The van der Waals surface area contributed by atoms with Crippen molar-refractivity contribution in [3.8, 4) is 0 Å². The van der Waals surface area contributed by atoms with Crippen molar-refractivity contribution >= 4 is 23.2 Å². The molecule has 0 aliphatic heterocycles. The molecule has 0 spiro atoms. The van der Waals surface area contributed by atoms with E-state index in [1.807, 2.05) is 0 Å². The Labute approximate surface area is 76.5 Å². The van der Waals surface area contributed by atoms with E-state index in [1.165, 1.54) is 0 Å². The lowest BCUT2D eigenvalue weighted by Crippen LogP contribution is -2.09. The number of rotatable bonds is 2. The van der Waals surface area contributed by atoms with Crippen molar-refractivity contribution in [1.82, 2.24) is 0 Å². The van der Waals surface area contributed by atoms with Gasteiger partial charge in [-0.25, -0.2) is 0 Å². The number of halogens is 1. The van der Waals surface area contributed by atoms with Crippen molar-refractivity contribution in [2.24, 2.45) is 0 Å². The average Bonchev–Trinajstić information content (AvgIpc) is 2.04. The van der Waals surface area contributed by atoms with Crippen molar-refractivity contribution < 1.29 is 4.79 Å². The van der Waals surface area contributed by atoms with Gasteiger partial charge in [0.05, 0.1) is 5.69 Å². The van der Waals surface area contributed by atoms with Gasteiger partial charge in [0.15, 0.2) is 0 Å². The lowest BCUT2D eigenvalue weighted by Gasteiger charge is -2.01. The first-order valence-corrected chi connectivity index (χ1v) is 4.07. The molecule has 0 unspecified atom stereocenters. The van der Waals surface area contributed by atoms with Crippen LogP contribution in [0.5, 0.6) is 0 Å². The van der Waals surface area contributed by atoms with Gasteiger partial charge < -0.3 is 5.32 Å². The van der Waals surface area contributed by atoms with Gasteiger partial charge in [-0.3, -0.25) is 4.79 Å². The van der Waals surface area contributed by atoms with Gasteiger partial charge in [-0.05, 0) is 12.1 Å². The topological polar surface area (TPSA) is 29.1 Å². The molecular formula is C9H9ClNO. The number of amides is 1. The first-order valence-electron chi connectivity index (χ1n) is 3.69. The fourth-order valence-electron chi connectivity index (χ4n) is 0.749. The Morgan fingerprint density at radius 3 is 3.08 bits per heavy atom. The summed E-state index contributed by atoms with van der Waals surface area (Å²) in [5.41, 5.74) is 0.620. The normalized spacial score (nSPS) is 9.50. The fourth-order valence-corrected chi connectivity index (χ4v) is 0.922. The number of carbonyl (C=O) groups is 1. The summed E-state index contributed by atoms with van der Waals surface area (Å²) >= 11 is 5.70. The summed E-state index contributed by atoms with van der Waals surface area (Å²) in [5.74, 6) is -0.0338. The van der Waals surface area contributed by atoms with E-state index in [0.717, 1.165) is 0 Å². The Morgan fingerprint density at radius 1 is 1.75 bits per heavy atom. The van der Waals surface area contributed by atoms with E-state index in [0.29, 0.717) is 17.1 Å². The van der Waals surface area contributed by atoms with E-state index in [-0.39, 0.29) is 5.91 Å². The van der Waals surface area contributed by atoms with Crippen LogP contribution in [0.25, 0.3) is 0 Å². The molecule has 1 rings (SSSR count). The SMILES string of the molecule is CCC(=O)Nc1[c]ccc(Cl)c1. The minimum absolute atomic E-state index is 0.0338. The Kier molecular flexibility index (Phi) is 3.11. The molecule has 0 saturated heterocycles. The van der Waals surface area contributed by atoms with Crippen LogP contribution in [0.2, 0.25) is 5.02 Å². The highest BCUT2D eigenvalue weighted by atomic mass is 35.5. The summed E-state index contributed by atoms with van der Waals surface area (Å²) in [6, 6.07) is 7.91. The molecule has 0 fully saturated rings. The van der Waals surface area contributed by atoms with Gasteiger partial charge in [-0.15, -0.1) is 0 Å². The number of hydrogen-bond acceptors (Lipinski definition) is 1. The summed E-state index contributed by atoms with van der Waals surface area (Å²) in [7, 11) is 0. The Hall–Kier alpha value is -1.02. The third-order valence-corrected chi connectivity index (χ3v) is 1.59. The number of anilines is 1. The Bertz CT molecular complexity index is 286. The lowest BCUT2D eigenvalue weighted by molar-refractivity contribution is -0.115. The predicted molar refractivity (Wildman–Crippen MR) is 49.2 cm³/mol. The molecule has 1 radical (unpaired) electrons. The van der Waals surface area contributed by atoms with Crippen LogP contribution >= 0.6 is 11.6 Å². The van der Waals surface area contributed by atoms with Crippen LogP contribution in [-0.4, -0.2) is 5.91 Å². The molecule has 0 atom stereocenters. The van der Waals surface area contributed by atoms with Crippen LogP contribution in [0.4, 0.5) is 5.69 Å². The quantitative estimate of drug-likeness (QED) is 0.748. The highest BCUT2D eigenvalue weighted by Crippen LogP contribution is 2.14. The maximum Gasteiger partial charge on any atom is 0.224 e. The fraction of sp³-hybridized carbons (Fsp3) is 0.222. The number of hydrogen-bond donors (Lipinski definition) is 1. The van der Waals surface area contributed by atoms with E-state index in [9.17, 15) is 4.79 Å². The van der Waals surface area contributed by atoms with Crippen molar-refractivity contribution in [2.75, 3.05) is 5.32 Å². The van der Waals surface area contributed by atoms with Crippen molar-refractivity contribution in [3.63, 3.8) is 0 Å². The monoisotopic (exact) mass is 182 g/mol. The summed E-state index contributed by atoms with van der Waals surface area (Å²) in [6.45, 7) is 1.79. The maximum atomic E-state index is 10.9. The van der Waals surface area contributed by atoms with Crippen molar-refractivity contribution in [3.05, 3.63) is 29.3 Å². The third-order valence-electron chi connectivity index (χ3n) is 1.36. The molecule has 0 bridgehead atoms. The molecule has 0 aliphatic rings. The zero-order chi connectivity index (χ0) is 8.97. The van der Waals surface area contributed by atoms with Gasteiger partial charge in [0.25, 0.3) is 0 Å². The van der Waals surface area contributed by atoms with Crippen LogP contribution in [-0.2, 0) is 4.79 Å². The van der Waals surface area contributed by atoms with Gasteiger partial charge in [-0.1, -0.05) is 24.6 Å². The maximum absolute atomic E-state index is 10.9. The van der Waals surface area contributed by atoms with Crippen LogP contribution in [0, 0.1) is 6.07 Å². The van der Waals surface area contributed by atoms with Crippen molar-refractivity contribution in [2.45, 2.75) is 13.3 Å². The molecule has 3 heteroatoms. The molecular weight excluding hydrogens is 174 g/mol. The summed E-state index contributed by atoms with van der Waals surface area (Å²) < 4.78 is 0. The molecule has 1 N–H and O–H groups in total. The predicted octanol–water partition coefficient (Wildman–Crippen LogP) is 2.49. The van der Waals surface area contributed by atoms with Gasteiger partial charge in [0.2, 0.25) is 5.91 Å². The van der Waals surface area contributed by atoms with E-state index in [1.54, 1.807) is 25.1 Å². The van der Waals surface area contributed by atoms with Crippen LogP contribution in [0.3, 0.4) is 0 Å². The number of carbonyl (C=O) groups excluding carboxylic acids is 1. The number of nitrogens with one attached hydrogen (secondary N) is 1. The standard InChI is InChI=1S/C9H9ClNO/c1-2-9(12)11-8-5-3-4-7(10)6-8/h3-4,6H,2H2,1H3,(H,11,12). The molecule has 12 heavy (non-hydrogen) atoms. The van der Waals surface area contributed by atoms with Crippen molar-refractivity contribution in [1.29, 1.82) is 0 Å². The molecule has 0 aliphatic carbocycles. The second-order valence-corrected chi connectivity index (χ2v) is 2.76.